The Morgan fingerprint density at radius 1 is 1.11 bits per heavy atom. The lowest BCUT2D eigenvalue weighted by Crippen LogP contribution is -2.38. The molecule has 0 unspecified atom stereocenters. The maximum atomic E-state index is 4.90. The van der Waals surface area contributed by atoms with Crippen LogP contribution in [0, 0.1) is 6.92 Å². The van der Waals surface area contributed by atoms with Crippen molar-refractivity contribution in [1.82, 2.24) is 29.7 Å². The lowest BCUT2D eigenvalue weighted by molar-refractivity contribution is 0.808. The van der Waals surface area contributed by atoms with E-state index < -0.39 is 0 Å². The van der Waals surface area contributed by atoms with Crippen LogP contribution in [0.4, 0.5) is 11.6 Å². The van der Waals surface area contributed by atoms with E-state index >= 15 is 0 Å². The van der Waals surface area contributed by atoms with Crippen molar-refractivity contribution >= 4 is 11.6 Å². The van der Waals surface area contributed by atoms with Gasteiger partial charge in [0.05, 0.1) is 18.4 Å². The van der Waals surface area contributed by atoms with Crippen LogP contribution in [-0.2, 0) is 7.05 Å². The first-order valence-corrected chi connectivity index (χ1v) is 8.85. The molecule has 3 aromatic rings. The topological polar surface area (TPSA) is 75.9 Å². The van der Waals surface area contributed by atoms with Gasteiger partial charge in [0.2, 0.25) is 0 Å². The van der Waals surface area contributed by atoms with Crippen molar-refractivity contribution in [1.29, 1.82) is 0 Å². The fourth-order valence-electron chi connectivity index (χ4n) is 3.38. The summed E-state index contributed by atoms with van der Waals surface area (Å²) in [5.41, 5.74) is 4.42. The van der Waals surface area contributed by atoms with Crippen LogP contribution in [0.3, 0.4) is 0 Å². The smallest absolute Gasteiger partial charge is 0.182 e. The summed E-state index contributed by atoms with van der Waals surface area (Å²) in [7, 11) is 3.91. The number of hydrogen-bond acceptors (Lipinski definition) is 7. The van der Waals surface area contributed by atoms with Gasteiger partial charge < -0.3 is 14.4 Å². The van der Waals surface area contributed by atoms with Crippen LogP contribution in [0.15, 0.2) is 36.9 Å². The van der Waals surface area contributed by atoms with Gasteiger partial charge >= 0.3 is 0 Å². The highest BCUT2D eigenvalue weighted by atomic mass is 15.3. The molecule has 0 aliphatic carbocycles. The molecule has 3 aromatic heterocycles. The van der Waals surface area contributed by atoms with Crippen LogP contribution >= 0.6 is 0 Å². The van der Waals surface area contributed by atoms with Crippen molar-refractivity contribution in [2.75, 3.05) is 29.9 Å². The summed E-state index contributed by atoms with van der Waals surface area (Å²) in [6.07, 6.45) is 3.47. The van der Waals surface area contributed by atoms with Crippen molar-refractivity contribution in [2.24, 2.45) is 7.05 Å². The van der Waals surface area contributed by atoms with Gasteiger partial charge in [0.1, 0.15) is 12.0 Å². The van der Waals surface area contributed by atoms with Gasteiger partial charge in [-0.15, -0.1) is 10.2 Å². The highest BCUT2D eigenvalue weighted by Gasteiger charge is 2.26. The maximum Gasteiger partial charge on any atom is 0.182 e. The molecule has 138 valence electrons. The lowest BCUT2D eigenvalue weighted by atomic mass is 10.1. The number of anilines is 2. The Balaban J connectivity index is 1.77. The second kappa shape index (κ2) is 6.46. The number of likely N-dealkylation sites (N-methyl/N-ethyl adjacent to an activating group) is 2. The van der Waals surface area contributed by atoms with Crippen molar-refractivity contribution < 1.29 is 0 Å². The van der Waals surface area contributed by atoms with Crippen molar-refractivity contribution in [2.45, 2.75) is 13.8 Å². The summed E-state index contributed by atoms with van der Waals surface area (Å²) >= 11 is 0. The van der Waals surface area contributed by atoms with E-state index in [1.165, 1.54) is 0 Å². The number of hydrogen-bond donors (Lipinski definition) is 0. The quantitative estimate of drug-likeness (QED) is 0.708. The van der Waals surface area contributed by atoms with Crippen LogP contribution < -0.4 is 9.80 Å². The third kappa shape index (κ3) is 2.83. The van der Waals surface area contributed by atoms with Gasteiger partial charge in [0.25, 0.3) is 0 Å². The molecule has 27 heavy (non-hydrogen) atoms. The molecule has 0 spiro atoms. The molecule has 0 radical (unpaired) electrons. The van der Waals surface area contributed by atoms with Crippen LogP contribution in [-0.4, -0.2) is 49.9 Å². The van der Waals surface area contributed by atoms with E-state index in [-0.39, 0.29) is 0 Å². The average Bonchev–Trinajstić information content (AvgIpc) is 3.07. The fraction of sp³-hybridized carbons (Fsp3) is 0.316. The van der Waals surface area contributed by atoms with E-state index in [9.17, 15) is 0 Å². The summed E-state index contributed by atoms with van der Waals surface area (Å²) in [4.78, 5) is 18.4. The minimum Gasteiger partial charge on any atom is -0.351 e. The Labute approximate surface area is 158 Å². The lowest BCUT2D eigenvalue weighted by Gasteiger charge is -2.36. The first-order valence-electron chi connectivity index (χ1n) is 8.85. The fourth-order valence-corrected chi connectivity index (χ4v) is 3.38. The molecule has 0 aromatic carbocycles. The molecule has 4 heterocycles. The number of pyridine rings is 1. The van der Waals surface area contributed by atoms with E-state index in [4.69, 9.17) is 9.97 Å². The predicted octanol–water partition coefficient (Wildman–Crippen LogP) is 2.43. The summed E-state index contributed by atoms with van der Waals surface area (Å²) in [5.74, 6) is 2.44. The van der Waals surface area contributed by atoms with Crippen molar-refractivity contribution in [3.05, 3.63) is 42.6 Å². The second-order valence-corrected chi connectivity index (χ2v) is 6.66. The Morgan fingerprint density at radius 2 is 1.93 bits per heavy atom. The minimum absolute atomic E-state index is 0.733. The molecule has 0 bridgehead atoms. The summed E-state index contributed by atoms with van der Waals surface area (Å²) < 4.78 is 1.85. The van der Waals surface area contributed by atoms with E-state index in [0.29, 0.717) is 0 Å². The predicted molar refractivity (Wildman–Crippen MR) is 105 cm³/mol. The summed E-state index contributed by atoms with van der Waals surface area (Å²) in [5, 5.41) is 8.05. The molecule has 0 saturated heterocycles. The molecule has 0 N–H and O–H groups in total. The molecular formula is C19H22N8. The van der Waals surface area contributed by atoms with Gasteiger partial charge in [-0.25, -0.2) is 15.0 Å². The number of aromatic nitrogens is 6. The molecule has 0 amide bonds. The van der Waals surface area contributed by atoms with E-state index in [1.807, 2.05) is 43.9 Å². The molecule has 0 saturated carbocycles. The van der Waals surface area contributed by atoms with Crippen LogP contribution in [0.5, 0.6) is 0 Å². The maximum absolute atomic E-state index is 4.90. The summed E-state index contributed by atoms with van der Waals surface area (Å²) in [6, 6.07) is 3.95. The van der Waals surface area contributed by atoms with Gasteiger partial charge in [-0.05, 0) is 26.0 Å². The second-order valence-electron chi connectivity index (χ2n) is 6.66. The Hall–Kier alpha value is -3.29. The van der Waals surface area contributed by atoms with Crippen molar-refractivity contribution in [3.8, 4) is 22.8 Å². The number of fused-ring (bicyclic) bond motifs is 1. The molecule has 1 aliphatic heterocycles. The first-order chi connectivity index (χ1) is 13.0. The molecular weight excluding hydrogens is 340 g/mol. The SMILES string of the molecule is C=C1CN(C)c2ncc(-c3ccc(-c4nncn4C)nc3C)nc2N1CC. The first kappa shape index (κ1) is 17.1. The zero-order valence-corrected chi connectivity index (χ0v) is 16.0. The number of rotatable bonds is 3. The normalized spacial score (nSPS) is 13.9. The molecule has 1 aliphatic rings. The van der Waals surface area contributed by atoms with Crippen LogP contribution in [0.25, 0.3) is 22.8 Å². The monoisotopic (exact) mass is 362 g/mol. The van der Waals surface area contributed by atoms with Crippen LogP contribution in [0.2, 0.25) is 0 Å². The van der Waals surface area contributed by atoms with Gasteiger partial charge in [-0.2, -0.15) is 0 Å². The van der Waals surface area contributed by atoms with Gasteiger partial charge in [-0.3, -0.25) is 0 Å². The largest absolute Gasteiger partial charge is 0.351 e. The number of aryl methyl sites for hydroxylation is 2. The van der Waals surface area contributed by atoms with Gasteiger partial charge in [0.15, 0.2) is 17.5 Å². The third-order valence-electron chi connectivity index (χ3n) is 4.77. The van der Waals surface area contributed by atoms with Gasteiger partial charge in [0, 0.05) is 37.6 Å². The standard InChI is InChI=1S/C19H22N8/c1-6-27-12(2)10-25(4)18-19(27)23-16(9-20-18)14-7-8-15(22-13(14)3)17-24-21-11-26(17)5/h7-9,11H,2,6,10H2,1,3-5H3. The zero-order valence-electron chi connectivity index (χ0n) is 16.0. The Kier molecular flexibility index (Phi) is 4.10. The van der Waals surface area contributed by atoms with E-state index in [0.717, 1.165) is 58.9 Å². The molecule has 8 nitrogen and oxygen atoms in total. The highest BCUT2D eigenvalue weighted by Crippen LogP contribution is 2.34. The van der Waals surface area contributed by atoms with Crippen molar-refractivity contribution in [3.63, 3.8) is 0 Å². The molecule has 8 heteroatoms. The molecule has 4 rings (SSSR count). The van der Waals surface area contributed by atoms with E-state index in [2.05, 4.69) is 38.5 Å². The zero-order chi connectivity index (χ0) is 19.1. The Bertz CT molecular complexity index is 1020. The Morgan fingerprint density at radius 3 is 2.59 bits per heavy atom. The highest BCUT2D eigenvalue weighted by molar-refractivity contribution is 5.74. The van der Waals surface area contributed by atoms with Gasteiger partial charge in [-0.1, -0.05) is 6.58 Å². The molecule has 0 atom stereocenters. The molecule has 0 fully saturated rings. The van der Waals surface area contributed by atoms with E-state index in [1.54, 1.807) is 6.33 Å². The number of nitrogens with zero attached hydrogens (tertiary/aromatic N) is 8. The summed E-state index contributed by atoms with van der Waals surface area (Å²) in [6.45, 7) is 9.80. The minimum atomic E-state index is 0.733. The third-order valence-corrected chi connectivity index (χ3v) is 4.77. The average molecular weight is 362 g/mol. The van der Waals surface area contributed by atoms with Crippen LogP contribution in [0.1, 0.15) is 12.6 Å².